The molecule has 0 aromatic heterocycles. The van der Waals surface area contributed by atoms with Crippen molar-refractivity contribution in [3.8, 4) is 11.8 Å². The Morgan fingerprint density at radius 1 is 1.03 bits per heavy atom. The number of amides is 1. The summed E-state index contributed by atoms with van der Waals surface area (Å²) in [7, 11) is 0. The summed E-state index contributed by atoms with van der Waals surface area (Å²) in [6.07, 6.45) is 2.37. The fourth-order valence-electron chi connectivity index (χ4n) is 4.45. The highest BCUT2D eigenvalue weighted by Gasteiger charge is 2.29. The SMILES string of the molecule is Cc1ccc(C2=CCC(C)(C)c3cc(C(O)C#Cc4ccc(C(=O)NCC(C)C)cc4)ccc32)cc1. The minimum Gasteiger partial charge on any atom is -0.376 e. The molecule has 1 aliphatic rings. The zero-order valence-electron chi connectivity index (χ0n) is 21.9. The van der Waals surface area contributed by atoms with Gasteiger partial charge < -0.3 is 10.4 Å². The van der Waals surface area contributed by atoms with E-state index in [0.717, 1.165) is 17.5 Å². The molecule has 3 heteroatoms. The van der Waals surface area contributed by atoms with E-state index >= 15 is 0 Å². The molecule has 0 aliphatic heterocycles. The zero-order valence-corrected chi connectivity index (χ0v) is 21.9. The summed E-state index contributed by atoms with van der Waals surface area (Å²) >= 11 is 0. The van der Waals surface area contributed by atoms with E-state index in [4.69, 9.17) is 0 Å². The van der Waals surface area contributed by atoms with Crippen molar-refractivity contribution >= 4 is 11.5 Å². The van der Waals surface area contributed by atoms with Gasteiger partial charge in [0.1, 0.15) is 6.10 Å². The number of carbonyl (C=O) groups excluding carboxylic acids is 1. The summed E-state index contributed by atoms with van der Waals surface area (Å²) in [5.41, 5.74) is 8.29. The van der Waals surface area contributed by atoms with Crippen LogP contribution in [0.1, 0.15) is 84.0 Å². The Kier molecular flexibility index (Phi) is 7.48. The van der Waals surface area contributed by atoms with Crippen LogP contribution < -0.4 is 5.32 Å². The Bertz CT molecular complexity index is 1330. The van der Waals surface area contributed by atoms with Gasteiger partial charge in [-0.1, -0.05) is 93.6 Å². The van der Waals surface area contributed by atoms with E-state index in [9.17, 15) is 9.90 Å². The van der Waals surface area contributed by atoms with Gasteiger partial charge in [-0.25, -0.2) is 0 Å². The summed E-state index contributed by atoms with van der Waals surface area (Å²) in [4.78, 5) is 12.2. The molecule has 0 saturated heterocycles. The van der Waals surface area contributed by atoms with Gasteiger partial charge in [-0.3, -0.25) is 4.79 Å². The first-order valence-corrected chi connectivity index (χ1v) is 12.6. The summed E-state index contributed by atoms with van der Waals surface area (Å²) in [5, 5.41) is 13.8. The van der Waals surface area contributed by atoms with Crippen LogP contribution in [0.2, 0.25) is 0 Å². The third-order valence-electron chi connectivity index (χ3n) is 6.73. The molecule has 4 rings (SSSR count). The molecule has 0 saturated carbocycles. The number of rotatable bonds is 5. The van der Waals surface area contributed by atoms with Crippen LogP contribution in [0.4, 0.5) is 0 Å². The first-order valence-electron chi connectivity index (χ1n) is 12.6. The molecule has 3 aromatic rings. The quantitative estimate of drug-likeness (QED) is 0.408. The molecular formula is C33H35NO2. The van der Waals surface area contributed by atoms with Crippen LogP contribution in [0.5, 0.6) is 0 Å². The number of fused-ring (bicyclic) bond motifs is 1. The maximum absolute atomic E-state index is 12.2. The lowest BCUT2D eigenvalue weighted by atomic mass is 9.71. The van der Waals surface area contributed by atoms with Crippen molar-refractivity contribution in [2.75, 3.05) is 6.54 Å². The van der Waals surface area contributed by atoms with E-state index < -0.39 is 6.10 Å². The van der Waals surface area contributed by atoms with Gasteiger partial charge in [-0.2, -0.15) is 0 Å². The molecular weight excluding hydrogens is 442 g/mol. The Morgan fingerprint density at radius 3 is 2.39 bits per heavy atom. The molecule has 36 heavy (non-hydrogen) atoms. The number of aryl methyl sites for hydroxylation is 1. The van der Waals surface area contributed by atoms with Gasteiger partial charge in [0.05, 0.1) is 0 Å². The second kappa shape index (κ2) is 10.6. The summed E-state index contributed by atoms with van der Waals surface area (Å²) < 4.78 is 0. The van der Waals surface area contributed by atoms with Crippen LogP contribution in [0.25, 0.3) is 5.57 Å². The first kappa shape index (κ1) is 25.5. The van der Waals surface area contributed by atoms with E-state index in [1.54, 1.807) is 12.1 Å². The van der Waals surface area contributed by atoms with E-state index in [-0.39, 0.29) is 11.3 Å². The molecule has 0 heterocycles. The number of aliphatic hydroxyl groups is 1. The lowest BCUT2D eigenvalue weighted by Crippen LogP contribution is -2.27. The average molecular weight is 478 g/mol. The number of hydrogen-bond donors (Lipinski definition) is 2. The third kappa shape index (κ3) is 5.78. The molecule has 3 aromatic carbocycles. The molecule has 1 aliphatic carbocycles. The first-order chi connectivity index (χ1) is 17.1. The fourth-order valence-corrected chi connectivity index (χ4v) is 4.45. The normalized spacial score (nSPS) is 14.8. The molecule has 0 bridgehead atoms. The van der Waals surface area contributed by atoms with Crippen LogP contribution >= 0.6 is 0 Å². The number of benzene rings is 3. The lowest BCUT2D eigenvalue weighted by Gasteiger charge is -2.33. The van der Waals surface area contributed by atoms with Crippen molar-refractivity contribution in [2.45, 2.75) is 52.6 Å². The largest absolute Gasteiger partial charge is 0.376 e. The van der Waals surface area contributed by atoms with Gasteiger partial charge >= 0.3 is 0 Å². The maximum Gasteiger partial charge on any atom is 0.251 e. The molecule has 0 fully saturated rings. The summed E-state index contributed by atoms with van der Waals surface area (Å²) in [6, 6.07) is 22.0. The number of aliphatic hydroxyl groups excluding tert-OH is 1. The van der Waals surface area contributed by atoms with Crippen LogP contribution in [-0.2, 0) is 5.41 Å². The van der Waals surface area contributed by atoms with Crippen LogP contribution in [0.3, 0.4) is 0 Å². The predicted molar refractivity (Wildman–Crippen MR) is 148 cm³/mol. The van der Waals surface area contributed by atoms with E-state index in [2.05, 4.69) is 94.3 Å². The third-order valence-corrected chi connectivity index (χ3v) is 6.73. The zero-order chi connectivity index (χ0) is 25.9. The summed E-state index contributed by atoms with van der Waals surface area (Å²) in [5.74, 6) is 6.35. The second-order valence-corrected chi connectivity index (χ2v) is 10.7. The van der Waals surface area contributed by atoms with Crippen LogP contribution in [0, 0.1) is 24.7 Å². The van der Waals surface area contributed by atoms with Crippen molar-refractivity contribution in [3.63, 3.8) is 0 Å². The van der Waals surface area contributed by atoms with Gasteiger partial charge in [-0.15, -0.1) is 0 Å². The van der Waals surface area contributed by atoms with Crippen molar-refractivity contribution in [1.29, 1.82) is 0 Å². The monoisotopic (exact) mass is 477 g/mol. The highest BCUT2D eigenvalue weighted by Crippen LogP contribution is 2.42. The van der Waals surface area contributed by atoms with Crippen molar-refractivity contribution in [3.05, 3.63) is 112 Å². The topological polar surface area (TPSA) is 49.3 Å². The molecule has 3 nitrogen and oxygen atoms in total. The molecule has 1 unspecified atom stereocenters. The molecule has 2 N–H and O–H groups in total. The summed E-state index contributed by atoms with van der Waals surface area (Å²) in [6.45, 7) is 11.4. The highest BCUT2D eigenvalue weighted by atomic mass is 16.3. The Labute approximate surface area is 215 Å². The van der Waals surface area contributed by atoms with Gasteiger partial charge in [0, 0.05) is 17.7 Å². The molecule has 1 amide bonds. The number of allylic oxidation sites excluding steroid dienone is 1. The van der Waals surface area contributed by atoms with Gasteiger partial charge in [0.2, 0.25) is 0 Å². The van der Waals surface area contributed by atoms with Crippen LogP contribution in [0.15, 0.2) is 72.8 Å². The van der Waals surface area contributed by atoms with Crippen molar-refractivity contribution < 1.29 is 9.90 Å². The fraction of sp³-hybridized carbons (Fsp3) is 0.303. The van der Waals surface area contributed by atoms with Crippen molar-refractivity contribution in [2.24, 2.45) is 5.92 Å². The van der Waals surface area contributed by atoms with Gasteiger partial charge in [-0.05, 0) is 76.8 Å². The van der Waals surface area contributed by atoms with E-state index in [0.29, 0.717) is 18.0 Å². The Morgan fingerprint density at radius 2 is 1.72 bits per heavy atom. The number of hydrogen-bond acceptors (Lipinski definition) is 2. The van der Waals surface area contributed by atoms with Crippen molar-refractivity contribution in [1.82, 2.24) is 5.32 Å². The van der Waals surface area contributed by atoms with Gasteiger partial charge in [0.15, 0.2) is 0 Å². The Hall–Kier alpha value is -3.61. The highest BCUT2D eigenvalue weighted by molar-refractivity contribution is 5.94. The Balaban J connectivity index is 1.54. The number of carbonyl (C=O) groups is 1. The lowest BCUT2D eigenvalue weighted by molar-refractivity contribution is 0.0949. The predicted octanol–water partition coefficient (Wildman–Crippen LogP) is 6.58. The second-order valence-electron chi connectivity index (χ2n) is 10.7. The minimum absolute atomic E-state index is 0.0291. The van der Waals surface area contributed by atoms with Crippen LogP contribution in [-0.4, -0.2) is 17.6 Å². The molecule has 0 radical (unpaired) electrons. The average Bonchev–Trinajstić information content (AvgIpc) is 2.87. The van der Waals surface area contributed by atoms with Gasteiger partial charge in [0.25, 0.3) is 5.91 Å². The molecule has 184 valence electrons. The number of nitrogens with one attached hydrogen (secondary N) is 1. The maximum atomic E-state index is 12.2. The minimum atomic E-state index is -0.895. The standard InChI is InChI=1S/C33H35NO2/c1-22(2)21-34-32(36)26-13-8-24(9-14-26)10-17-31(35)27-15-16-29-28(25-11-6-23(3)7-12-25)18-19-33(4,5)30(29)20-27/h6-9,11-16,18,20,22,31,35H,19,21H2,1-5H3,(H,34,36). The van der Waals surface area contributed by atoms with E-state index in [1.165, 1.54) is 27.8 Å². The van der Waals surface area contributed by atoms with E-state index in [1.807, 2.05) is 18.2 Å². The molecule has 0 spiro atoms. The molecule has 1 atom stereocenters. The smallest absolute Gasteiger partial charge is 0.251 e.